The number of nitrogens with one attached hydrogen (secondary N) is 1. The molecule has 1 aromatic rings. The highest BCUT2D eigenvalue weighted by molar-refractivity contribution is 5.17. The third kappa shape index (κ3) is 3.85. The number of nitrogens with two attached hydrogens (primary N) is 1. The summed E-state index contributed by atoms with van der Waals surface area (Å²) in [5.74, 6) is -0.130. The van der Waals surface area contributed by atoms with Crippen molar-refractivity contribution in [3.63, 3.8) is 0 Å². The SMILES string of the molecule is CC(N)CNCCc1ccccc1F. The third-order valence-corrected chi connectivity index (χ3v) is 2.00. The zero-order valence-corrected chi connectivity index (χ0v) is 8.46. The van der Waals surface area contributed by atoms with Crippen LogP contribution in [-0.4, -0.2) is 19.1 Å². The van der Waals surface area contributed by atoms with Crippen LogP contribution in [-0.2, 0) is 6.42 Å². The van der Waals surface area contributed by atoms with Gasteiger partial charge in [-0.2, -0.15) is 0 Å². The summed E-state index contributed by atoms with van der Waals surface area (Å²) in [5, 5.41) is 3.17. The highest BCUT2D eigenvalue weighted by atomic mass is 19.1. The summed E-state index contributed by atoms with van der Waals surface area (Å²) in [6, 6.07) is 7.00. The second-order valence-corrected chi connectivity index (χ2v) is 3.52. The van der Waals surface area contributed by atoms with E-state index >= 15 is 0 Å². The highest BCUT2D eigenvalue weighted by Gasteiger charge is 1.99. The average molecular weight is 196 g/mol. The average Bonchev–Trinajstić information content (AvgIpc) is 2.15. The van der Waals surface area contributed by atoms with Crippen molar-refractivity contribution in [2.45, 2.75) is 19.4 Å². The molecule has 1 aromatic carbocycles. The van der Waals surface area contributed by atoms with E-state index in [2.05, 4.69) is 5.32 Å². The number of halogens is 1. The molecule has 14 heavy (non-hydrogen) atoms. The number of rotatable bonds is 5. The molecule has 0 aliphatic carbocycles. The van der Waals surface area contributed by atoms with E-state index in [0.29, 0.717) is 6.42 Å². The van der Waals surface area contributed by atoms with E-state index in [0.717, 1.165) is 18.7 Å². The fourth-order valence-corrected chi connectivity index (χ4v) is 1.25. The monoisotopic (exact) mass is 196 g/mol. The molecule has 0 fully saturated rings. The summed E-state index contributed by atoms with van der Waals surface area (Å²) < 4.78 is 13.1. The molecule has 78 valence electrons. The van der Waals surface area contributed by atoms with Crippen LogP contribution in [0.25, 0.3) is 0 Å². The molecule has 0 aromatic heterocycles. The van der Waals surface area contributed by atoms with Crippen molar-refractivity contribution < 1.29 is 4.39 Å². The maximum atomic E-state index is 13.1. The number of benzene rings is 1. The van der Waals surface area contributed by atoms with Crippen LogP contribution in [0.5, 0.6) is 0 Å². The van der Waals surface area contributed by atoms with Crippen LogP contribution in [0.3, 0.4) is 0 Å². The first kappa shape index (κ1) is 11.1. The fourth-order valence-electron chi connectivity index (χ4n) is 1.25. The van der Waals surface area contributed by atoms with Gasteiger partial charge in [-0.1, -0.05) is 18.2 Å². The Kier molecular flexibility index (Phi) is 4.56. The van der Waals surface area contributed by atoms with Crippen LogP contribution in [0, 0.1) is 5.82 Å². The van der Waals surface area contributed by atoms with E-state index in [-0.39, 0.29) is 11.9 Å². The van der Waals surface area contributed by atoms with Crippen molar-refractivity contribution >= 4 is 0 Å². The molecule has 0 aliphatic rings. The lowest BCUT2D eigenvalue weighted by Gasteiger charge is -2.07. The molecule has 1 atom stereocenters. The Balaban J connectivity index is 2.28. The van der Waals surface area contributed by atoms with Crippen molar-refractivity contribution in [2.75, 3.05) is 13.1 Å². The molecular weight excluding hydrogens is 179 g/mol. The molecule has 0 amide bonds. The molecule has 0 spiro atoms. The van der Waals surface area contributed by atoms with Crippen molar-refractivity contribution in [1.82, 2.24) is 5.32 Å². The molecule has 0 heterocycles. The predicted molar refractivity (Wildman–Crippen MR) is 56.6 cm³/mol. The third-order valence-electron chi connectivity index (χ3n) is 2.00. The minimum Gasteiger partial charge on any atom is -0.327 e. The van der Waals surface area contributed by atoms with Gasteiger partial charge in [0, 0.05) is 12.6 Å². The summed E-state index contributed by atoms with van der Waals surface area (Å²) in [6.07, 6.45) is 0.708. The summed E-state index contributed by atoms with van der Waals surface area (Å²) >= 11 is 0. The molecule has 0 bridgehead atoms. The Hall–Kier alpha value is -0.930. The van der Waals surface area contributed by atoms with E-state index in [1.165, 1.54) is 6.07 Å². The first-order chi connectivity index (χ1) is 6.70. The summed E-state index contributed by atoms with van der Waals surface area (Å²) in [6.45, 7) is 3.48. The lowest BCUT2D eigenvalue weighted by Crippen LogP contribution is -2.32. The van der Waals surface area contributed by atoms with E-state index < -0.39 is 0 Å². The van der Waals surface area contributed by atoms with Crippen molar-refractivity contribution in [1.29, 1.82) is 0 Å². The quantitative estimate of drug-likeness (QED) is 0.697. The van der Waals surface area contributed by atoms with E-state index in [4.69, 9.17) is 5.73 Å². The van der Waals surface area contributed by atoms with Gasteiger partial charge in [0.25, 0.3) is 0 Å². The summed E-state index contributed by atoms with van der Waals surface area (Å²) in [5.41, 5.74) is 6.32. The van der Waals surface area contributed by atoms with Gasteiger partial charge in [-0.15, -0.1) is 0 Å². The van der Waals surface area contributed by atoms with Crippen LogP contribution in [0.1, 0.15) is 12.5 Å². The van der Waals surface area contributed by atoms with Gasteiger partial charge in [0.05, 0.1) is 0 Å². The topological polar surface area (TPSA) is 38.0 Å². The molecule has 0 saturated carbocycles. The number of hydrogen-bond donors (Lipinski definition) is 2. The van der Waals surface area contributed by atoms with Crippen LogP contribution in [0.15, 0.2) is 24.3 Å². The molecule has 3 N–H and O–H groups in total. The van der Waals surface area contributed by atoms with Crippen LogP contribution >= 0.6 is 0 Å². The molecule has 0 radical (unpaired) electrons. The van der Waals surface area contributed by atoms with Crippen LogP contribution in [0.2, 0.25) is 0 Å². The van der Waals surface area contributed by atoms with Gasteiger partial charge in [-0.25, -0.2) is 4.39 Å². The predicted octanol–water partition coefficient (Wildman–Crippen LogP) is 1.30. The van der Waals surface area contributed by atoms with Gasteiger partial charge in [-0.3, -0.25) is 0 Å². The molecule has 0 aliphatic heterocycles. The minimum absolute atomic E-state index is 0.130. The lowest BCUT2D eigenvalue weighted by atomic mass is 10.1. The smallest absolute Gasteiger partial charge is 0.126 e. The van der Waals surface area contributed by atoms with Crippen LogP contribution in [0.4, 0.5) is 4.39 Å². The first-order valence-electron chi connectivity index (χ1n) is 4.90. The Bertz CT molecular complexity index is 274. The van der Waals surface area contributed by atoms with Gasteiger partial charge in [-0.05, 0) is 31.5 Å². The second-order valence-electron chi connectivity index (χ2n) is 3.52. The Morgan fingerprint density at radius 2 is 2.14 bits per heavy atom. The molecule has 3 heteroatoms. The van der Waals surface area contributed by atoms with Gasteiger partial charge < -0.3 is 11.1 Å². The minimum atomic E-state index is -0.130. The standard InChI is InChI=1S/C11H17FN2/c1-9(13)8-14-7-6-10-4-2-3-5-11(10)12/h2-5,9,14H,6-8,13H2,1H3. The lowest BCUT2D eigenvalue weighted by molar-refractivity contribution is 0.582. The van der Waals surface area contributed by atoms with Crippen LogP contribution < -0.4 is 11.1 Å². The maximum absolute atomic E-state index is 13.1. The zero-order valence-electron chi connectivity index (χ0n) is 8.46. The molecular formula is C11H17FN2. The van der Waals surface area contributed by atoms with Gasteiger partial charge in [0.15, 0.2) is 0 Å². The van der Waals surface area contributed by atoms with Crippen molar-refractivity contribution in [3.8, 4) is 0 Å². The Morgan fingerprint density at radius 3 is 2.79 bits per heavy atom. The second kappa shape index (κ2) is 5.73. The fraction of sp³-hybridized carbons (Fsp3) is 0.455. The van der Waals surface area contributed by atoms with Gasteiger partial charge in [0.1, 0.15) is 5.82 Å². The zero-order chi connectivity index (χ0) is 10.4. The maximum Gasteiger partial charge on any atom is 0.126 e. The van der Waals surface area contributed by atoms with E-state index in [1.807, 2.05) is 19.1 Å². The molecule has 0 saturated heterocycles. The number of hydrogen-bond acceptors (Lipinski definition) is 2. The van der Waals surface area contributed by atoms with E-state index in [9.17, 15) is 4.39 Å². The van der Waals surface area contributed by atoms with Crippen molar-refractivity contribution in [2.24, 2.45) is 5.73 Å². The summed E-state index contributed by atoms with van der Waals surface area (Å²) in [7, 11) is 0. The molecule has 1 unspecified atom stereocenters. The largest absolute Gasteiger partial charge is 0.327 e. The summed E-state index contributed by atoms with van der Waals surface area (Å²) in [4.78, 5) is 0. The van der Waals surface area contributed by atoms with Crippen molar-refractivity contribution in [3.05, 3.63) is 35.6 Å². The highest BCUT2D eigenvalue weighted by Crippen LogP contribution is 2.05. The normalized spacial score (nSPS) is 12.8. The Labute approximate surface area is 84.3 Å². The molecule has 1 rings (SSSR count). The van der Waals surface area contributed by atoms with Gasteiger partial charge >= 0.3 is 0 Å². The van der Waals surface area contributed by atoms with Gasteiger partial charge in [0.2, 0.25) is 0 Å². The molecule has 2 nitrogen and oxygen atoms in total. The Morgan fingerprint density at radius 1 is 1.43 bits per heavy atom. The van der Waals surface area contributed by atoms with E-state index in [1.54, 1.807) is 6.07 Å². The first-order valence-corrected chi connectivity index (χ1v) is 4.90.